The van der Waals surface area contributed by atoms with E-state index in [-0.39, 0.29) is 11.8 Å². The first-order valence-corrected chi connectivity index (χ1v) is 11.4. The van der Waals surface area contributed by atoms with E-state index < -0.39 is 11.9 Å². The fraction of sp³-hybridized carbons (Fsp3) is 0.500. The Balaban J connectivity index is 1.42. The molecule has 9 nitrogen and oxygen atoms in total. The van der Waals surface area contributed by atoms with Crippen LogP contribution in [0.3, 0.4) is 0 Å². The molecule has 2 aliphatic heterocycles. The number of likely N-dealkylation sites (N-methyl/N-ethyl adjacent to an activating group) is 1. The normalized spacial score (nSPS) is 20.5. The first-order valence-electron chi connectivity index (χ1n) is 11.4. The number of pyridine rings is 2. The van der Waals surface area contributed by atoms with E-state index in [0.717, 1.165) is 30.9 Å². The van der Waals surface area contributed by atoms with Crippen molar-refractivity contribution in [3.8, 4) is 0 Å². The highest BCUT2D eigenvalue weighted by Crippen LogP contribution is 2.33. The van der Waals surface area contributed by atoms with Crippen molar-refractivity contribution in [3.05, 3.63) is 47.3 Å². The van der Waals surface area contributed by atoms with Gasteiger partial charge in [0.05, 0.1) is 5.56 Å². The van der Waals surface area contributed by atoms with Gasteiger partial charge in [0.2, 0.25) is 6.35 Å². The summed E-state index contributed by atoms with van der Waals surface area (Å²) in [6.07, 6.45) is 3.31. The maximum atomic E-state index is 13.0. The number of rotatable bonds is 4. The Morgan fingerprint density at radius 1 is 1.15 bits per heavy atom. The minimum atomic E-state index is -1.10. The number of aliphatic hydroxyl groups is 1. The van der Waals surface area contributed by atoms with Crippen molar-refractivity contribution in [2.75, 3.05) is 43.0 Å². The summed E-state index contributed by atoms with van der Waals surface area (Å²) in [6.45, 7) is 10.3. The van der Waals surface area contributed by atoms with Crippen LogP contribution in [0.5, 0.6) is 0 Å². The molecule has 0 spiro atoms. The summed E-state index contributed by atoms with van der Waals surface area (Å²) in [6, 6.07) is 5.57. The van der Waals surface area contributed by atoms with Crippen molar-refractivity contribution in [1.82, 2.24) is 19.8 Å². The van der Waals surface area contributed by atoms with E-state index in [0.29, 0.717) is 24.5 Å². The van der Waals surface area contributed by atoms with E-state index in [9.17, 15) is 14.7 Å². The maximum absolute atomic E-state index is 13.0. The fourth-order valence-electron chi connectivity index (χ4n) is 4.62. The second-order valence-corrected chi connectivity index (χ2v) is 9.21. The van der Waals surface area contributed by atoms with Crippen LogP contribution in [0.15, 0.2) is 30.6 Å². The molecule has 2 aromatic heterocycles. The Bertz CT molecular complexity index is 1050. The molecule has 1 N–H and O–H groups in total. The molecule has 176 valence electrons. The standard InChI is InChI=1S/C24H32N6O3/c1-6-17-13-16(2)20(26-14-17)28-9-11-29(12-10-28)21(31)18-7-8-19(25-15-18)30-23(33)27(5)22(32)24(30,3)4/h7-8,13-15,23,33H,6,9-12H2,1-5H3. The monoisotopic (exact) mass is 452 g/mol. The molecule has 2 fully saturated rings. The summed E-state index contributed by atoms with van der Waals surface area (Å²) in [7, 11) is 1.56. The zero-order chi connectivity index (χ0) is 23.9. The second-order valence-electron chi connectivity index (χ2n) is 9.21. The Morgan fingerprint density at radius 3 is 2.36 bits per heavy atom. The first-order chi connectivity index (χ1) is 15.6. The van der Waals surface area contributed by atoms with Crippen LogP contribution < -0.4 is 9.80 Å². The number of amides is 2. The lowest BCUT2D eigenvalue weighted by Gasteiger charge is -2.36. The molecule has 0 bridgehead atoms. The highest BCUT2D eigenvalue weighted by Gasteiger charge is 2.50. The quantitative estimate of drug-likeness (QED) is 0.754. The third-order valence-corrected chi connectivity index (χ3v) is 6.65. The van der Waals surface area contributed by atoms with Crippen molar-refractivity contribution in [3.63, 3.8) is 0 Å². The van der Waals surface area contributed by atoms with Crippen molar-refractivity contribution in [2.24, 2.45) is 0 Å². The van der Waals surface area contributed by atoms with Crippen LogP contribution >= 0.6 is 0 Å². The Kier molecular flexibility index (Phi) is 6.00. The molecule has 0 aromatic carbocycles. The van der Waals surface area contributed by atoms with Gasteiger partial charge < -0.3 is 19.8 Å². The summed E-state index contributed by atoms with van der Waals surface area (Å²) >= 11 is 0. The van der Waals surface area contributed by atoms with Gasteiger partial charge in [-0.05, 0) is 50.5 Å². The number of aryl methyl sites for hydroxylation is 2. The lowest BCUT2D eigenvalue weighted by atomic mass is 10.0. The SMILES string of the molecule is CCc1cnc(N2CCN(C(=O)c3ccc(N4C(O)N(C)C(=O)C4(C)C)nc3)CC2)c(C)c1. The van der Waals surface area contributed by atoms with Crippen LogP contribution in [0.25, 0.3) is 0 Å². The predicted octanol–water partition coefficient (Wildman–Crippen LogP) is 1.64. The zero-order valence-corrected chi connectivity index (χ0v) is 19.9. The van der Waals surface area contributed by atoms with Gasteiger partial charge in [-0.3, -0.25) is 14.5 Å². The number of carbonyl (C=O) groups is 2. The van der Waals surface area contributed by atoms with E-state index in [2.05, 4.69) is 34.8 Å². The van der Waals surface area contributed by atoms with Gasteiger partial charge in [0.1, 0.15) is 17.2 Å². The number of aliphatic hydroxyl groups excluding tert-OH is 1. The number of carbonyl (C=O) groups excluding carboxylic acids is 2. The van der Waals surface area contributed by atoms with Crippen LogP contribution in [-0.2, 0) is 11.2 Å². The highest BCUT2D eigenvalue weighted by atomic mass is 16.3. The number of piperazine rings is 1. The lowest BCUT2D eigenvalue weighted by molar-refractivity contribution is -0.133. The molecule has 9 heteroatoms. The molecule has 33 heavy (non-hydrogen) atoms. The first kappa shape index (κ1) is 23.0. The molecule has 4 heterocycles. The molecule has 4 rings (SSSR count). The predicted molar refractivity (Wildman–Crippen MR) is 126 cm³/mol. The average molecular weight is 453 g/mol. The number of aromatic nitrogens is 2. The molecule has 2 saturated heterocycles. The van der Waals surface area contributed by atoms with Crippen LogP contribution in [0.4, 0.5) is 11.6 Å². The highest BCUT2D eigenvalue weighted by molar-refractivity contribution is 5.95. The molecular formula is C24H32N6O3. The van der Waals surface area contributed by atoms with Crippen molar-refractivity contribution >= 4 is 23.5 Å². The van der Waals surface area contributed by atoms with Gasteiger partial charge in [-0.15, -0.1) is 0 Å². The summed E-state index contributed by atoms with van der Waals surface area (Å²) < 4.78 is 0. The van der Waals surface area contributed by atoms with Crippen LogP contribution in [0.2, 0.25) is 0 Å². The van der Waals surface area contributed by atoms with Crippen LogP contribution in [0, 0.1) is 6.92 Å². The third kappa shape index (κ3) is 4.01. The minimum Gasteiger partial charge on any atom is -0.356 e. The summed E-state index contributed by atoms with van der Waals surface area (Å²) in [5.41, 5.74) is 1.94. The van der Waals surface area contributed by atoms with Gasteiger partial charge in [-0.1, -0.05) is 13.0 Å². The molecule has 0 aliphatic carbocycles. The van der Waals surface area contributed by atoms with E-state index in [1.807, 2.05) is 11.1 Å². The minimum absolute atomic E-state index is 0.0749. The summed E-state index contributed by atoms with van der Waals surface area (Å²) in [5, 5.41) is 10.5. The fourth-order valence-corrected chi connectivity index (χ4v) is 4.62. The van der Waals surface area contributed by atoms with Crippen molar-refractivity contribution in [1.29, 1.82) is 0 Å². The van der Waals surface area contributed by atoms with Gasteiger partial charge in [-0.25, -0.2) is 9.97 Å². The summed E-state index contributed by atoms with van der Waals surface area (Å²) in [5.74, 6) is 1.17. The van der Waals surface area contributed by atoms with E-state index >= 15 is 0 Å². The second kappa shape index (κ2) is 8.62. The Labute approximate surface area is 194 Å². The number of anilines is 2. The van der Waals surface area contributed by atoms with Gasteiger partial charge in [0.15, 0.2) is 0 Å². The molecule has 0 radical (unpaired) electrons. The van der Waals surface area contributed by atoms with E-state index in [4.69, 9.17) is 0 Å². The van der Waals surface area contributed by atoms with E-state index in [1.165, 1.54) is 16.7 Å². The lowest BCUT2D eigenvalue weighted by Crippen LogP contribution is -2.49. The number of hydrogen-bond acceptors (Lipinski definition) is 7. The zero-order valence-electron chi connectivity index (χ0n) is 19.9. The molecule has 2 aliphatic rings. The molecule has 0 saturated carbocycles. The largest absolute Gasteiger partial charge is 0.356 e. The van der Waals surface area contributed by atoms with Crippen LogP contribution in [0.1, 0.15) is 42.3 Å². The molecule has 2 aromatic rings. The molecule has 1 atom stereocenters. The van der Waals surface area contributed by atoms with Gasteiger partial charge in [-0.2, -0.15) is 0 Å². The Hall–Kier alpha value is -3.20. The van der Waals surface area contributed by atoms with Gasteiger partial charge >= 0.3 is 0 Å². The number of nitrogens with zero attached hydrogens (tertiary/aromatic N) is 6. The van der Waals surface area contributed by atoms with Crippen molar-refractivity contribution < 1.29 is 14.7 Å². The van der Waals surface area contributed by atoms with Crippen LogP contribution in [-0.4, -0.2) is 81.8 Å². The van der Waals surface area contributed by atoms with Crippen molar-refractivity contribution in [2.45, 2.75) is 46.0 Å². The molecule has 2 amide bonds. The topological polar surface area (TPSA) is 93.1 Å². The third-order valence-electron chi connectivity index (χ3n) is 6.65. The van der Waals surface area contributed by atoms with Gasteiger partial charge in [0.25, 0.3) is 11.8 Å². The van der Waals surface area contributed by atoms with E-state index in [1.54, 1.807) is 37.9 Å². The molecular weight excluding hydrogens is 420 g/mol. The average Bonchev–Trinajstić information content (AvgIpc) is 2.97. The summed E-state index contributed by atoms with van der Waals surface area (Å²) in [4.78, 5) is 41.4. The number of hydrogen-bond donors (Lipinski definition) is 1. The molecule has 1 unspecified atom stereocenters. The van der Waals surface area contributed by atoms with Gasteiger partial charge in [0, 0.05) is 45.6 Å². The maximum Gasteiger partial charge on any atom is 0.255 e. The Morgan fingerprint density at radius 2 is 1.85 bits per heavy atom. The smallest absolute Gasteiger partial charge is 0.255 e.